The second kappa shape index (κ2) is 9.13. The van der Waals surface area contributed by atoms with Gasteiger partial charge in [0.25, 0.3) is 5.91 Å². The van der Waals surface area contributed by atoms with Crippen molar-refractivity contribution in [2.45, 2.75) is 64.5 Å². The summed E-state index contributed by atoms with van der Waals surface area (Å²) in [4.78, 5) is 51.9. The van der Waals surface area contributed by atoms with Crippen LogP contribution >= 0.6 is 0 Å². The molecule has 1 aliphatic heterocycles. The minimum Gasteiger partial charge on any atom is -0.455 e. The molecular formula is C21H33N3O5. The number of carbonyl (C=O) groups excluding carboxylic acids is 4. The van der Waals surface area contributed by atoms with Gasteiger partial charge in [-0.2, -0.15) is 0 Å². The topological polar surface area (TPSA) is 96.0 Å². The van der Waals surface area contributed by atoms with E-state index in [-0.39, 0.29) is 36.9 Å². The summed E-state index contributed by atoms with van der Waals surface area (Å²) < 4.78 is 5.18. The Kier molecular flexibility index (Phi) is 6.80. The van der Waals surface area contributed by atoms with E-state index in [4.69, 9.17) is 4.74 Å². The maximum atomic E-state index is 12.5. The second-order valence-corrected chi connectivity index (χ2v) is 8.98. The Morgan fingerprint density at radius 3 is 2.59 bits per heavy atom. The highest BCUT2D eigenvalue weighted by Crippen LogP contribution is 2.35. The summed E-state index contributed by atoms with van der Waals surface area (Å²) in [5.41, 5.74) is 0. The zero-order chi connectivity index (χ0) is 21.1. The molecule has 4 atom stereocenters. The largest absolute Gasteiger partial charge is 0.455 e. The molecule has 0 spiro atoms. The summed E-state index contributed by atoms with van der Waals surface area (Å²) >= 11 is 0. The van der Waals surface area contributed by atoms with Gasteiger partial charge in [0.15, 0.2) is 6.61 Å². The van der Waals surface area contributed by atoms with Gasteiger partial charge in [0.2, 0.25) is 11.8 Å². The molecule has 0 aromatic rings. The standard InChI is InChI=1S/C21H33N3O5/c1-13-5-4-6-17(14(13)2)24-10-15(9-19(24)26)21(28)29-12-20(27)23(3)11-18(25)22-16-7-8-16/h13-17H,4-12H2,1-3H3,(H,22,25)/t13-,14+,15+,17+/m0/s1. The molecule has 0 bridgehead atoms. The number of rotatable bonds is 7. The van der Waals surface area contributed by atoms with Crippen molar-refractivity contribution in [3.8, 4) is 0 Å². The molecule has 29 heavy (non-hydrogen) atoms. The van der Waals surface area contributed by atoms with Crippen LogP contribution in [0.1, 0.15) is 52.4 Å². The highest BCUT2D eigenvalue weighted by Gasteiger charge is 2.42. The van der Waals surface area contributed by atoms with Gasteiger partial charge in [-0.15, -0.1) is 0 Å². The molecule has 8 heteroatoms. The van der Waals surface area contributed by atoms with Crippen molar-refractivity contribution in [2.75, 3.05) is 26.7 Å². The van der Waals surface area contributed by atoms with Crippen molar-refractivity contribution in [1.29, 1.82) is 0 Å². The van der Waals surface area contributed by atoms with E-state index in [1.807, 2.05) is 4.90 Å². The summed E-state index contributed by atoms with van der Waals surface area (Å²) in [6, 6.07) is 0.420. The third-order valence-electron chi connectivity index (χ3n) is 6.64. The molecule has 0 aromatic carbocycles. The number of likely N-dealkylation sites (N-methyl/N-ethyl adjacent to an activating group) is 1. The summed E-state index contributed by atoms with van der Waals surface area (Å²) in [5, 5.41) is 2.81. The molecule has 3 aliphatic rings. The molecule has 8 nitrogen and oxygen atoms in total. The summed E-state index contributed by atoms with van der Waals surface area (Å²) in [7, 11) is 1.51. The van der Waals surface area contributed by atoms with Crippen LogP contribution in [-0.4, -0.2) is 72.3 Å². The van der Waals surface area contributed by atoms with Crippen LogP contribution in [0.25, 0.3) is 0 Å². The molecule has 162 valence electrons. The van der Waals surface area contributed by atoms with Crippen molar-refractivity contribution in [2.24, 2.45) is 17.8 Å². The summed E-state index contributed by atoms with van der Waals surface area (Å²) in [6.45, 7) is 4.30. The van der Waals surface area contributed by atoms with Crippen LogP contribution < -0.4 is 5.32 Å². The number of hydrogen-bond acceptors (Lipinski definition) is 5. The van der Waals surface area contributed by atoms with Gasteiger partial charge in [0, 0.05) is 32.1 Å². The lowest BCUT2D eigenvalue weighted by Gasteiger charge is -2.39. The van der Waals surface area contributed by atoms with E-state index in [1.54, 1.807) is 0 Å². The Bertz CT molecular complexity index is 663. The van der Waals surface area contributed by atoms with Gasteiger partial charge in [-0.25, -0.2) is 0 Å². The fourth-order valence-electron chi connectivity index (χ4n) is 4.37. The lowest BCUT2D eigenvalue weighted by atomic mass is 9.77. The number of nitrogens with one attached hydrogen (secondary N) is 1. The third-order valence-corrected chi connectivity index (χ3v) is 6.64. The Morgan fingerprint density at radius 2 is 1.90 bits per heavy atom. The van der Waals surface area contributed by atoms with Crippen LogP contribution in [0.4, 0.5) is 0 Å². The smallest absolute Gasteiger partial charge is 0.311 e. The van der Waals surface area contributed by atoms with E-state index in [0.717, 1.165) is 25.7 Å². The second-order valence-electron chi connectivity index (χ2n) is 8.98. The monoisotopic (exact) mass is 407 g/mol. The van der Waals surface area contributed by atoms with Crippen molar-refractivity contribution >= 4 is 23.7 Å². The van der Waals surface area contributed by atoms with Crippen LogP contribution in [0.5, 0.6) is 0 Å². The van der Waals surface area contributed by atoms with Crippen LogP contribution in [0.3, 0.4) is 0 Å². The number of amides is 3. The first kappa shape index (κ1) is 21.6. The molecule has 1 heterocycles. The maximum Gasteiger partial charge on any atom is 0.311 e. The van der Waals surface area contributed by atoms with Gasteiger partial charge in [0.05, 0.1) is 12.5 Å². The average Bonchev–Trinajstić information content (AvgIpc) is 3.40. The van der Waals surface area contributed by atoms with Crippen molar-refractivity contribution < 1.29 is 23.9 Å². The highest BCUT2D eigenvalue weighted by atomic mass is 16.5. The summed E-state index contributed by atoms with van der Waals surface area (Å²) in [5.74, 6) is -0.692. The SMILES string of the molecule is C[C@H]1[C@H](N2C[C@H](C(=O)OCC(=O)N(C)CC(=O)NC3CC3)CC2=O)CCC[C@@H]1C. The van der Waals surface area contributed by atoms with Crippen LogP contribution in [-0.2, 0) is 23.9 Å². The average molecular weight is 408 g/mol. The van der Waals surface area contributed by atoms with Crippen LogP contribution in [0, 0.1) is 17.8 Å². The molecule has 3 amide bonds. The van der Waals surface area contributed by atoms with Crippen molar-refractivity contribution in [3.63, 3.8) is 0 Å². The van der Waals surface area contributed by atoms with Gasteiger partial charge in [0.1, 0.15) is 0 Å². The quantitative estimate of drug-likeness (QED) is 0.634. The fourth-order valence-corrected chi connectivity index (χ4v) is 4.37. The Labute approximate surface area is 172 Å². The van der Waals surface area contributed by atoms with Crippen molar-refractivity contribution in [3.05, 3.63) is 0 Å². The predicted molar refractivity (Wildman–Crippen MR) is 106 cm³/mol. The Balaban J connectivity index is 1.44. The molecule has 3 rings (SSSR count). The lowest BCUT2D eigenvalue weighted by molar-refractivity contribution is -0.155. The Hall–Kier alpha value is -2.12. The number of nitrogens with zero attached hydrogens (tertiary/aromatic N) is 2. The maximum absolute atomic E-state index is 12.5. The van der Waals surface area contributed by atoms with E-state index >= 15 is 0 Å². The zero-order valence-electron chi connectivity index (χ0n) is 17.7. The molecule has 2 aliphatic carbocycles. The summed E-state index contributed by atoms with van der Waals surface area (Å²) in [6.07, 6.45) is 5.37. The van der Waals surface area contributed by atoms with Crippen molar-refractivity contribution in [1.82, 2.24) is 15.1 Å². The minimum atomic E-state index is -0.525. The molecule has 1 N–H and O–H groups in total. The first-order valence-electron chi connectivity index (χ1n) is 10.8. The molecular weight excluding hydrogens is 374 g/mol. The molecule has 0 aromatic heterocycles. The molecule has 0 unspecified atom stereocenters. The van der Waals surface area contributed by atoms with Crippen LogP contribution in [0.2, 0.25) is 0 Å². The first-order chi connectivity index (χ1) is 13.8. The number of likely N-dealkylation sites (tertiary alicyclic amines) is 1. The van der Waals surface area contributed by atoms with E-state index in [0.29, 0.717) is 18.4 Å². The number of ether oxygens (including phenoxy) is 1. The molecule has 0 radical (unpaired) electrons. The van der Waals surface area contributed by atoms with Gasteiger partial charge < -0.3 is 19.9 Å². The Morgan fingerprint density at radius 1 is 1.17 bits per heavy atom. The van der Waals surface area contributed by atoms with E-state index in [1.165, 1.54) is 18.4 Å². The normalized spacial score (nSPS) is 29.5. The van der Waals surface area contributed by atoms with Gasteiger partial charge in [-0.3, -0.25) is 19.2 Å². The number of esters is 1. The van der Waals surface area contributed by atoms with Crippen LogP contribution in [0.15, 0.2) is 0 Å². The van der Waals surface area contributed by atoms with E-state index < -0.39 is 24.4 Å². The number of hydrogen-bond donors (Lipinski definition) is 1. The predicted octanol–water partition coefficient (Wildman–Crippen LogP) is 0.940. The number of carbonyl (C=O) groups is 4. The molecule has 2 saturated carbocycles. The van der Waals surface area contributed by atoms with Gasteiger partial charge in [-0.05, 0) is 31.1 Å². The lowest BCUT2D eigenvalue weighted by Crippen LogP contribution is -2.45. The molecule has 3 fully saturated rings. The highest BCUT2D eigenvalue weighted by molar-refractivity contribution is 5.89. The van der Waals surface area contributed by atoms with E-state index in [2.05, 4.69) is 19.2 Å². The van der Waals surface area contributed by atoms with Gasteiger partial charge in [-0.1, -0.05) is 26.7 Å². The minimum absolute atomic E-state index is 0.00177. The third kappa shape index (κ3) is 5.48. The first-order valence-corrected chi connectivity index (χ1v) is 10.8. The fraction of sp³-hybridized carbons (Fsp3) is 0.810. The van der Waals surface area contributed by atoms with Gasteiger partial charge >= 0.3 is 5.97 Å². The van der Waals surface area contributed by atoms with E-state index in [9.17, 15) is 19.2 Å². The zero-order valence-corrected chi connectivity index (χ0v) is 17.7. The molecule has 1 saturated heterocycles.